The number of fused-ring (bicyclic) bond motifs is 2. The molecule has 0 spiro atoms. The maximum atomic E-state index is 12.6. The van der Waals surface area contributed by atoms with Gasteiger partial charge < -0.3 is 18.9 Å². The number of imidazole rings is 1. The Morgan fingerprint density at radius 1 is 0.970 bits per heavy atom. The van der Waals surface area contributed by atoms with Gasteiger partial charge in [0.15, 0.2) is 22.7 Å². The summed E-state index contributed by atoms with van der Waals surface area (Å²) in [6, 6.07) is 7.82. The number of piperazine rings is 1. The zero-order valence-electron chi connectivity index (χ0n) is 19.1. The van der Waals surface area contributed by atoms with Gasteiger partial charge in [-0.2, -0.15) is 0 Å². The molecule has 0 radical (unpaired) electrons. The van der Waals surface area contributed by atoms with Crippen LogP contribution in [0.2, 0.25) is 0 Å². The molecular formula is C23H30N6O4. The third kappa shape index (κ3) is 4.28. The van der Waals surface area contributed by atoms with Crippen LogP contribution in [0.1, 0.15) is 6.42 Å². The topological polar surface area (TPSA) is 86.8 Å². The third-order valence-corrected chi connectivity index (χ3v) is 6.58. The molecule has 0 aliphatic carbocycles. The van der Waals surface area contributed by atoms with Gasteiger partial charge in [-0.3, -0.25) is 18.8 Å². The molecule has 2 aliphatic heterocycles. The molecule has 0 N–H and O–H groups in total. The molecule has 0 bridgehead atoms. The number of aryl methyl sites for hydroxylation is 2. The maximum absolute atomic E-state index is 12.6. The van der Waals surface area contributed by atoms with Gasteiger partial charge in [0.25, 0.3) is 5.56 Å². The number of benzene rings is 1. The second kappa shape index (κ2) is 9.03. The van der Waals surface area contributed by atoms with Crippen LogP contribution in [0.3, 0.4) is 0 Å². The average molecular weight is 455 g/mol. The van der Waals surface area contributed by atoms with Crippen LogP contribution in [-0.2, 0) is 20.6 Å². The van der Waals surface area contributed by atoms with Crippen molar-refractivity contribution in [1.29, 1.82) is 0 Å². The molecule has 1 unspecified atom stereocenters. The van der Waals surface area contributed by atoms with Crippen LogP contribution in [0.15, 0.2) is 40.2 Å². The molecule has 33 heavy (non-hydrogen) atoms. The molecule has 10 heteroatoms. The van der Waals surface area contributed by atoms with Gasteiger partial charge in [-0.05, 0) is 25.1 Å². The first-order valence-electron chi connectivity index (χ1n) is 11.5. The van der Waals surface area contributed by atoms with Crippen molar-refractivity contribution in [2.45, 2.75) is 19.1 Å². The number of aromatic nitrogens is 4. The summed E-state index contributed by atoms with van der Waals surface area (Å²) in [5, 5.41) is 0. The summed E-state index contributed by atoms with van der Waals surface area (Å²) in [5.74, 6) is 1.65. The molecule has 2 aliphatic rings. The third-order valence-electron chi connectivity index (χ3n) is 6.58. The highest BCUT2D eigenvalue weighted by Gasteiger charge is 2.25. The Bertz CT molecular complexity index is 1250. The van der Waals surface area contributed by atoms with Gasteiger partial charge in [0.2, 0.25) is 0 Å². The predicted octanol–water partition coefficient (Wildman–Crippen LogP) is 0.281. The number of nitrogens with zero attached hydrogens (tertiary/aromatic N) is 6. The lowest BCUT2D eigenvalue weighted by Crippen LogP contribution is -2.50. The molecule has 3 aromatic rings. The second-order valence-electron chi connectivity index (χ2n) is 8.81. The SMILES string of the molecule is Cn1c(=O)c2c(ncn2CCCN2CCN(CC3COc4ccccc4O3)CC2)n(C)c1=O. The van der Waals surface area contributed by atoms with E-state index in [2.05, 4.69) is 14.8 Å². The fourth-order valence-electron chi connectivity index (χ4n) is 4.67. The van der Waals surface area contributed by atoms with E-state index in [9.17, 15) is 9.59 Å². The van der Waals surface area contributed by atoms with E-state index in [1.807, 2.05) is 28.8 Å². The van der Waals surface area contributed by atoms with Crippen molar-refractivity contribution in [3.63, 3.8) is 0 Å². The first kappa shape index (κ1) is 21.7. The van der Waals surface area contributed by atoms with Crippen molar-refractivity contribution in [2.24, 2.45) is 14.1 Å². The van der Waals surface area contributed by atoms with Crippen LogP contribution in [0.5, 0.6) is 11.5 Å². The Morgan fingerprint density at radius 2 is 1.70 bits per heavy atom. The van der Waals surface area contributed by atoms with Crippen LogP contribution in [0, 0.1) is 0 Å². The summed E-state index contributed by atoms with van der Waals surface area (Å²) in [4.78, 5) is 33.8. The average Bonchev–Trinajstić information content (AvgIpc) is 3.26. The standard InChI is InChI=1S/C23H30N6O4/c1-25-21-20(22(30)26(2)23(25)31)29(16-24-21)9-5-8-27-10-12-28(13-11-27)14-17-15-32-18-6-3-4-7-19(18)33-17/h3-4,6-7,16-17H,5,8-15H2,1-2H3. The summed E-state index contributed by atoms with van der Waals surface area (Å²) in [7, 11) is 3.15. The van der Waals surface area contributed by atoms with Crippen molar-refractivity contribution < 1.29 is 9.47 Å². The van der Waals surface area contributed by atoms with Crippen LogP contribution < -0.4 is 20.7 Å². The lowest BCUT2D eigenvalue weighted by molar-refractivity contribution is 0.0401. The number of para-hydroxylation sites is 2. The van der Waals surface area contributed by atoms with Crippen LogP contribution in [-0.4, -0.2) is 80.5 Å². The largest absolute Gasteiger partial charge is 0.486 e. The molecule has 1 fully saturated rings. The van der Waals surface area contributed by atoms with Gasteiger partial charge in [-0.15, -0.1) is 0 Å². The van der Waals surface area contributed by atoms with E-state index >= 15 is 0 Å². The van der Waals surface area contributed by atoms with Gasteiger partial charge >= 0.3 is 5.69 Å². The number of ether oxygens (including phenoxy) is 2. The van der Waals surface area contributed by atoms with E-state index in [0.717, 1.165) is 61.8 Å². The Balaban J connectivity index is 1.10. The molecule has 1 atom stereocenters. The van der Waals surface area contributed by atoms with E-state index in [1.165, 1.54) is 11.6 Å². The molecule has 1 aromatic carbocycles. The number of hydrogen-bond donors (Lipinski definition) is 0. The highest BCUT2D eigenvalue weighted by Crippen LogP contribution is 2.31. The Hall–Kier alpha value is -3.11. The summed E-state index contributed by atoms with van der Waals surface area (Å²) >= 11 is 0. The second-order valence-corrected chi connectivity index (χ2v) is 8.81. The maximum Gasteiger partial charge on any atom is 0.332 e. The minimum absolute atomic E-state index is 0.0551. The quantitative estimate of drug-likeness (QED) is 0.529. The summed E-state index contributed by atoms with van der Waals surface area (Å²) < 4.78 is 16.4. The Morgan fingerprint density at radius 3 is 2.48 bits per heavy atom. The van der Waals surface area contributed by atoms with Crippen LogP contribution in [0.4, 0.5) is 0 Å². The van der Waals surface area contributed by atoms with Crippen molar-refractivity contribution in [1.82, 2.24) is 28.5 Å². The molecular weight excluding hydrogens is 424 g/mol. The molecule has 176 valence electrons. The van der Waals surface area contributed by atoms with E-state index in [1.54, 1.807) is 13.4 Å². The lowest BCUT2D eigenvalue weighted by atomic mass is 10.2. The van der Waals surface area contributed by atoms with Crippen molar-refractivity contribution in [2.75, 3.05) is 45.9 Å². The predicted molar refractivity (Wildman–Crippen MR) is 124 cm³/mol. The van der Waals surface area contributed by atoms with Gasteiger partial charge in [-0.1, -0.05) is 12.1 Å². The molecule has 1 saturated heterocycles. The number of rotatable bonds is 6. The number of hydrogen-bond acceptors (Lipinski definition) is 7. The van der Waals surface area contributed by atoms with Gasteiger partial charge in [-0.25, -0.2) is 9.78 Å². The first-order chi connectivity index (χ1) is 16.0. The molecule has 0 saturated carbocycles. The van der Waals surface area contributed by atoms with E-state index in [-0.39, 0.29) is 17.4 Å². The Kier molecular flexibility index (Phi) is 5.94. The van der Waals surface area contributed by atoms with Gasteiger partial charge in [0.1, 0.15) is 12.7 Å². The molecule has 4 heterocycles. The van der Waals surface area contributed by atoms with Gasteiger partial charge in [0, 0.05) is 53.4 Å². The molecule has 5 rings (SSSR count). The normalized spacial score (nSPS) is 19.3. The van der Waals surface area contributed by atoms with Gasteiger partial charge in [0.05, 0.1) is 6.33 Å². The summed E-state index contributed by atoms with van der Waals surface area (Å²) in [6.45, 7) is 7.10. The smallest absolute Gasteiger partial charge is 0.332 e. The van der Waals surface area contributed by atoms with Crippen molar-refractivity contribution >= 4 is 11.2 Å². The summed E-state index contributed by atoms with van der Waals surface area (Å²) in [5.41, 5.74) is 0.273. The van der Waals surface area contributed by atoms with E-state index < -0.39 is 0 Å². The lowest BCUT2D eigenvalue weighted by Gasteiger charge is -2.37. The first-order valence-corrected chi connectivity index (χ1v) is 11.5. The molecule has 2 aromatic heterocycles. The molecule has 0 amide bonds. The highest BCUT2D eigenvalue weighted by molar-refractivity contribution is 5.69. The van der Waals surface area contributed by atoms with Crippen molar-refractivity contribution in [3.05, 3.63) is 51.4 Å². The van der Waals surface area contributed by atoms with Crippen LogP contribution >= 0.6 is 0 Å². The van der Waals surface area contributed by atoms with Crippen molar-refractivity contribution in [3.8, 4) is 11.5 Å². The van der Waals surface area contributed by atoms with E-state index in [4.69, 9.17) is 9.47 Å². The zero-order chi connectivity index (χ0) is 22.9. The van der Waals surface area contributed by atoms with E-state index in [0.29, 0.717) is 24.3 Å². The highest BCUT2D eigenvalue weighted by atomic mass is 16.6. The fraction of sp³-hybridized carbons (Fsp3) is 0.522. The minimum atomic E-state index is -0.356. The van der Waals surface area contributed by atoms with Crippen LogP contribution in [0.25, 0.3) is 11.2 Å². The minimum Gasteiger partial charge on any atom is -0.486 e. The monoisotopic (exact) mass is 454 g/mol. The zero-order valence-corrected chi connectivity index (χ0v) is 19.1. The molecule has 10 nitrogen and oxygen atoms in total. The Labute approximate surface area is 191 Å². The fourth-order valence-corrected chi connectivity index (χ4v) is 4.67. The summed E-state index contributed by atoms with van der Waals surface area (Å²) in [6.07, 6.45) is 2.63.